The standard InChI is InChI=1S/C52H34/c1-2-14-35(15-3-1)43-32-33-44(46-22-7-6-21-45(43)46)39-18-12-19-40(34-39)52-49-25-10-8-23-47(49)51(48-24-9-11-26-50(48)52)38-30-28-37(29-31-38)42-27-13-17-36-16-4-5-20-41(36)42/h1-34H. The molecule has 0 aliphatic carbocycles. The van der Waals surface area contributed by atoms with Crippen molar-refractivity contribution in [2.45, 2.75) is 0 Å². The zero-order valence-electron chi connectivity index (χ0n) is 28.6. The van der Waals surface area contributed by atoms with Crippen LogP contribution in [0.1, 0.15) is 0 Å². The van der Waals surface area contributed by atoms with E-state index in [9.17, 15) is 0 Å². The van der Waals surface area contributed by atoms with Gasteiger partial charge in [-0.1, -0.05) is 200 Å². The maximum atomic E-state index is 2.39. The van der Waals surface area contributed by atoms with E-state index < -0.39 is 0 Å². The van der Waals surface area contributed by atoms with E-state index in [-0.39, 0.29) is 0 Å². The van der Waals surface area contributed by atoms with Crippen LogP contribution in [0.4, 0.5) is 0 Å². The predicted molar refractivity (Wildman–Crippen MR) is 224 cm³/mol. The van der Waals surface area contributed by atoms with Crippen LogP contribution in [0, 0.1) is 0 Å². The molecule has 0 aliphatic rings. The Morgan fingerprint density at radius 2 is 0.577 bits per heavy atom. The molecule has 0 aliphatic heterocycles. The van der Waals surface area contributed by atoms with Crippen molar-refractivity contribution in [2.24, 2.45) is 0 Å². The summed E-state index contributed by atoms with van der Waals surface area (Å²) < 4.78 is 0. The maximum Gasteiger partial charge on any atom is -0.00262 e. The Morgan fingerprint density at radius 3 is 1.21 bits per heavy atom. The molecule has 0 spiro atoms. The zero-order valence-corrected chi connectivity index (χ0v) is 28.6. The van der Waals surface area contributed by atoms with Gasteiger partial charge >= 0.3 is 0 Å². The molecule has 0 aromatic heterocycles. The van der Waals surface area contributed by atoms with Gasteiger partial charge in [0.25, 0.3) is 0 Å². The van der Waals surface area contributed by atoms with Crippen LogP contribution in [-0.2, 0) is 0 Å². The Bertz CT molecular complexity index is 2870. The minimum absolute atomic E-state index is 1.22. The van der Waals surface area contributed by atoms with Crippen molar-refractivity contribution in [1.82, 2.24) is 0 Å². The first kappa shape index (κ1) is 30.1. The average Bonchev–Trinajstić information content (AvgIpc) is 3.22. The van der Waals surface area contributed by atoms with Gasteiger partial charge in [0.1, 0.15) is 0 Å². The van der Waals surface area contributed by atoms with Gasteiger partial charge in [0.05, 0.1) is 0 Å². The van der Waals surface area contributed by atoms with Crippen molar-refractivity contribution >= 4 is 43.1 Å². The fourth-order valence-corrected chi connectivity index (χ4v) is 8.31. The highest BCUT2D eigenvalue weighted by atomic mass is 14.2. The molecule has 242 valence electrons. The molecular formula is C52H34. The summed E-state index contributed by atoms with van der Waals surface area (Å²) in [6, 6.07) is 75.4. The lowest BCUT2D eigenvalue weighted by molar-refractivity contribution is 1.61. The van der Waals surface area contributed by atoms with Crippen molar-refractivity contribution in [2.75, 3.05) is 0 Å². The second kappa shape index (κ2) is 12.5. The van der Waals surface area contributed by atoms with E-state index in [0.29, 0.717) is 0 Å². The van der Waals surface area contributed by atoms with Crippen LogP contribution in [0.25, 0.3) is 98.7 Å². The normalized spacial score (nSPS) is 11.5. The Hall–Kier alpha value is -6.76. The Labute approximate surface area is 303 Å². The Morgan fingerprint density at radius 1 is 0.192 bits per heavy atom. The van der Waals surface area contributed by atoms with Gasteiger partial charge in [-0.2, -0.15) is 0 Å². The summed E-state index contributed by atoms with van der Waals surface area (Å²) in [4.78, 5) is 0. The molecular weight excluding hydrogens is 625 g/mol. The van der Waals surface area contributed by atoms with E-state index in [0.717, 1.165) is 0 Å². The largest absolute Gasteiger partial charge is 0.0622 e. The number of hydrogen-bond acceptors (Lipinski definition) is 0. The number of hydrogen-bond donors (Lipinski definition) is 0. The summed E-state index contributed by atoms with van der Waals surface area (Å²) in [5.41, 5.74) is 12.4. The summed E-state index contributed by atoms with van der Waals surface area (Å²) in [7, 11) is 0. The summed E-state index contributed by atoms with van der Waals surface area (Å²) in [5.74, 6) is 0. The topological polar surface area (TPSA) is 0 Å². The van der Waals surface area contributed by atoms with Gasteiger partial charge in [0, 0.05) is 0 Å². The summed E-state index contributed by atoms with van der Waals surface area (Å²) in [5, 5.41) is 10.1. The van der Waals surface area contributed by atoms with Gasteiger partial charge in [-0.15, -0.1) is 0 Å². The number of rotatable bonds is 5. The van der Waals surface area contributed by atoms with E-state index in [1.165, 1.54) is 98.7 Å². The predicted octanol–water partition coefficient (Wildman–Crippen LogP) is 14.6. The molecule has 10 rings (SSSR count). The van der Waals surface area contributed by atoms with Crippen LogP contribution in [0.5, 0.6) is 0 Å². The van der Waals surface area contributed by atoms with E-state index in [2.05, 4.69) is 206 Å². The monoisotopic (exact) mass is 658 g/mol. The van der Waals surface area contributed by atoms with Crippen molar-refractivity contribution in [3.05, 3.63) is 206 Å². The maximum absolute atomic E-state index is 2.39. The van der Waals surface area contributed by atoms with Crippen molar-refractivity contribution in [3.63, 3.8) is 0 Å². The van der Waals surface area contributed by atoms with Crippen LogP contribution >= 0.6 is 0 Å². The molecule has 52 heavy (non-hydrogen) atoms. The van der Waals surface area contributed by atoms with Gasteiger partial charge in [-0.05, 0) is 105 Å². The fraction of sp³-hybridized carbons (Fsp3) is 0. The van der Waals surface area contributed by atoms with Crippen LogP contribution in [0.2, 0.25) is 0 Å². The van der Waals surface area contributed by atoms with Gasteiger partial charge in [0.15, 0.2) is 0 Å². The van der Waals surface area contributed by atoms with Gasteiger partial charge in [0.2, 0.25) is 0 Å². The fourth-order valence-electron chi connectivity index (χ4n) is 8.31. The van der Waals surface area contributed by atoms with Crippen LogP contribution in [0.3, 0.4) is 0 Å². The first-order chi connectivity index (χ1) is 25.8. The smallest absolute Gasteiger partial charge is 0.00262 e. The van der Waals surface area contributed by atoms with Gasteiger partial charge in [-0.25, -0.2) is 0 Å². The van der Waals surface area contributed by atoms with Gasteiger partial charge < -0.3 is 0 Å². The quantitative estimate of drug-likeness (QED) is 0.161. The number of fused-ring (bicyclic) bond motifs is 4. The minimum Gasteiger partial charge on any atom is -0.0622 e. The molecule has 0 N–H and O–H groups in total. The third-order valence-electron chi connectivity index (χ3n) is 10.7. The molecule has 0 radical (unpaired) electrons. The van der Waals surface area contributed by atoms with Gasteiger partial charge in [-0.3, -0.25) is 0 Å². The lowest BCUT2D eigenvalue weighted by Crippen LogP contribution is -1.92. The summed E-state index contributed by atoms with van der Waals surface area (Å²) in [6.07, 6.45) is 0. The summed E-state index contributed by atoms with van der Waals surface area (Å²) in [6.45, 7) is 0. The minimum atomic E-state index is 1.22. The molecule has 0 bridgehead atoms. The zero-order chi connectivity index (χ0) is 34.4. The molecule has 0 unspecified atom stereocenters. The lowest BCUT2D eigenvalue weighted by Gasteiger charge is -2.19. The van der Waals surface area contributed by atoms with Crippen molar-refractivity contribution in [3.8, 4) is 55.6 Å². The first-order valence-electron chi connectivity index (χ1n) is 18.0. The van der Waals surface area contributed by atoms with E-state index in [1.54, 1.807) is 0 Å². The van der Waals surface area contributed by atoms with Crippen molar-refractivity contribution < 1.29 is 0 Å². The van der Waals surface area contributed by atoms with E-state index in [4.69, 9.17) is 0 Å². The average molecular weight is 659 g/mol. The number of benzene rings is 10. The molecule has 0 amide bonds. The molecule has 0 fully saturated rings. The Balaban J connectivity index is 1.13. The van der Waals surface area contributed by atoms with Crippen LogP contribution < -0.4 is 0 Å². The molecule has 0 nitrogen and oxygen atoms in total. The first-order valence-corrected chi connectivity index (χ1v) is 18.0. The summed E-state index contributed by atoms with van der Waals surface area (Å²) >= 11 is 0. The van der Waals surface area contributed by atoms with Crippen molar-refractivity contribution in [1.29, 1.82) is 0 Å². The highest BCUT2D eigenvalue weighted by Crippen LogP contribution is 2.45. The molecule has 0 heterocycles. The second-order valence-electron chi connectivity index (χ2n) is 13.6. The molecule has 10 aromatic carbocycles. The van der Waals surface area contributed by atoms with E-state index >= 15 is 0 Å². The lowest BCUT2D eigenvalue weighted by atomic mass is 9.84. The molecule has 10 aromatic rings. The van der Waals surface area contributed by atoms with Crippen LogP contribution in [0.15, 0.2) is 206 Å². The highest BCUT2D eigenvalue weighted by Gasteiger charge is 2.18. The second-order valence-corrected chi connectivity index (χ2v) is 13.6. The molecule has 0 saturated heterocycles. The third-order valence-corrected chi connectivity index (χ3v) is 10.7. The SMILES string of the molecule is c1ccc(-c2ccc(-c3cccc(-c4c5ccccc5c(-c5ccc(-c6cccc7ccccc67)cc5)c5ccccc45)c3)c3ccccc23)cc1. The Kier molecular flexibility index (Phi) is 7.25. The van der Waals surface area contributed by atoms with Crippen LogP contribution in [-0.4, -0.2) is 0 Å². The highest BCUT2D eigenvalue weighted by molar-refractivity contribution is 6.21. The third kappa shape index (κ3) is 5.00. The molecule has 0 heteroatoms. The van der Waals surface area contributed by atoms with E-state index in [1.807, 2.05) is 0 Å². The molecule has 0 atom stereocenters. The molecule has 0 saturated carbocycles.